The summed E-state index contributed by atoms with van der Waals surface area (Å²) in [4.78, 5) is 42.0. The lowest BCUT2D eigenvalue weighted by Gasteiger charge is -2.34. The van der Waals surface area contributed by atoms with Gasteiger partial charge in [-0.25, -0.2) is 4.79 Å². The molecule has 39 heavy (non-hydrogen) atoms. The highest BCUT2D eigenvalue weighted by atomic mass is 16.2. The molecule has 0 spiro atoms. The molecule has 0 saturated carbocycles. The maximum absolute atomic E-state index is 13.5. The molecule has 0 bridgehead atoms. The van der Waals surface area contributed by atoms with Gasteiger partial charge in [0.2, 0.25) is 5.91 Å². The number of aromatic nitrogens is 2. The SMILES string of the molecule is C/C=C/C(=O)Nc1ccc(C(=O)Nc2n[nH]c3c2CN(C(=O)N[C@H](CN(C)C)c2ccccc2)C3(C)C)cc1. The van der Waals surface area contributed by atoms with Gasteiger partial charge in [0.15, 0.2) is 5.82 Å². The largest absolute Gasteiger partial charge is 0.330 e. The second-order valence-corrected chi connectivity index (χ2v) is 10.3. The zero-order valence-corrected chi connectivity index (χ0v) is 22.9. The standard InChI is InChI=1S/C29H35N7O3/c1-6-10-24(37)30-21-15-13-20(14-16-21)27(38)32-26-22-17-36(29(2,3)25(22)33-34-26)28(39)31-23(18-35(4)5)19-11-8-7-9-12-19/h6-16,23H,17-18H2,1-5H3,(H,30,37)(H,31,39)(H2,32,33,34,38)/b10-6+/t23-/m1/s1. The quantitative estimate of drug-likeness (QED) is 0.325. The average Bonchev–Trinajstić information content (AvgIpc) is 3.42. The van der Waals surface area contributed by atoms with E-state index in [2.05, 4.69) is 26.1 Å². The van der Waals surface area contributed by atoms with Crippen LogP contribution in [0.25, 0.3) is 0 Å². The number of urea groups is 1. The molecule has 0 unspecified atom stereocenters. The lowest BCUT2D eigenvalue weighted by Crippen LogP contribution is -2.48. The fourth-order valence-corrected chi connectivity index (χ4v) is 4.68. The van der Waals surface area contributed by atoms with Crippen molar-refractivity contribution in [2.24, 2.45) is 0 Å². The molecule has 4 amide bonds. The number of carbonyl (C=O) groups is 3. The summed E-state index contributed by atoms with van der Waals surface area (Å²) in [6.45, 7) is 6.60. The third kappa shape index (κ3) is 6.18. The van der Waals surface area contributed by atoms with Gasteiger partial charge in [-0.15, -0.1) is 0 Å². The molecule has 1 atom stereocenters. The molecular formula is C29H35N7O3. The van der Waals surface area contributed by atoms with E-state index in [1.807, 2.05) is 63.2 Å². The number of rotatable bonds is 8. The number of hydrogen-bond donors (Lipinski definition) is 4. The summed E-state index contributed by atoms with van der Waals surface area (Å²) in [5.41, 5.74) is 2.90. The normalized spacial score (nSPS) is 14.8. The van der Waals surface area contributed by atoms with Gasteiger partial charge in [0.1, 0.15) is 0 Å². The van der Waals surface area contributed by atoms with Gasteiger partial charge in [-0.1, -0.05) is 36.4 Å². The summed E-state index contributed by atoms with van der Waals surface area (Å²) in [6, 6.07) is 16.1. The third-order valence-electron chi connectivity index (χ3n) is 6.73. The predicted octanol–water partition coefficient (Wildman–Crippen LogP) is 4.24. The summed E-state index contributed by atoms with van der Waals surface area (Å²) >= 11 is 0. The van der Waals surface area contributed by atoms with Gasteiger partial charge >= 0.3 is 6.03 Å². The summed E-state index contributed by atoms with van der Waals surface area (Å²) < 4.78 is 0. The summed E-state index contributed by atoms with van der Waals surface area (Å²) in [7, 11) is 3.95. The Hall–Kier alpha value is -4.44. The van der Waals surface area contributed by atoms with Crippen molar-refractivity contribution in [1.29, 1.82) is 0 Å². The maximum Gasteiger partial charge on any atom is 0.319 e. The fraction of sp³-hybridized carbons (Fsp3) is 0.310. The van der Waals surface area contributed by atoms with Crippen LogP contribution in [0.4, 0.5) is 16.3 Å². The molecule has 0 saturated heterocycles. The van der Waals surface area contributed by atoms with Crippen molar-refractivity contribution in [3.8, 4) is 0 Å². The number of amides is 4. The molecule has 0 aliphatic carbocycles. The Balaban J connectivity index is 1.46. The van der Waals surface area contributed by atoms with Gasteiger partial charge in [-0.05, 0) is 70.8 Å². The summed E-state index contributed by atoms with van der Waals surface area (Å²) in [5, 5.41) is 16.1. The first-order chi connectivity index (χ1) is 18.6. The molecule has 1 aliphatic heterocycles. The van der Waals surface area contributed by atoms with Crippen molar-refractivity contribution in [1.82, 2.24) is 25.3 Å². The third-order valence-corrected chi connectivity index (χ3v) is 6.73. The van der Waals surface area contributed by atoms with E-state index in [0.29, 0.717) is 30.2 Å². The van der Waals surface area contributed by atoms with Crippen LogP contribution in [0.1, 0.15) is 54.0 Å². The van der Waals surface area contributed by atoms with Crippen LogP contribution in [0.5, 0.6) is 0 Å². The lowest BCUT2D eigenvalue weighted by atomic mass is 10.0. The molecular weight excluding hydrogens is 494 g/mol. The predicted molar refractivity (Wildman–Crippen MR) is 151 cm³/mol. The van der Waals surface area contributed by atoms with E-state index in [1.54, 1.807) is 42.2 Å². The van der Waals surface area contributed by atoms with Crippen molar-refractivity contribution < 1.29 is 14.4 Å². The van der Waals surface area contributed by atoms with Crippen LogP contribution in [-0.2, 0) is 16.9 Å². The molecule has 2 aromatic carbocycles. The van der Waals surface area contributed by atoms with Gasteiger partial charge in [0, 0.05) is 23.4 Å². The molecule has 3 aromatic rings. The molecule has 1 aromatic heterocycles. The number of benzene rings is 2. The van der Waals surface area contributed by atoms with E-state index >= 15 is 0 Å². The minimum absolute atomic E-state index is 0.188. The minimum Gasteiger partial charge on any atom is -0.330 e. The number of H-pyrrole nitrogens is 1. The Morgan fingerprint density at radius 1 is 1.08 bits per heavy atom. The van der Waals surface area contributed by atoms with Gasteiger partial charge in [-0.2, -0.15) is 5.10 Å². The van der Waals surface area contributed by atoms with Crippen LogP contribution in [0.3, 0.4) is 0 Å². The number of hydrogen-bond acceptors (Lipinski definition) is 5. The summed E-state index contributed by atoms with van der Waals surface area (Å²) in [5.74, 6) is -0.196. The molecule has 1 aliphatic rings. The number of carbonyl (C=O) groups excluding carboxylic acids is 3. The first kappa shape index (κ1) is 27.6. The zero-order chi connectivity index (χ0) is 28.2. The Morgan fingerprint density at radius 2 is 1.77 bits per heavy atom. The monoisotopic (exact) mass is 529 g/mol. The molecule has 10 nitrogen and oxygen atoms in total. The highest BCUT2D eigenvalue weighted by Crippen LogP contribution is 2.40. The van der Waals surface area contributed by atoms with Crippen molar-refractivity contribution >= 4 is 29.4 Å². The number of fused-ring (bicyclic) bond motifs is 1. The van der Waals surface area contributed by atoms with E-state index < -0.39 is 5.54 Å². The Morgan fingerprint density at radius 3 is 2.41 bits per heavy atom. The zero-order valence-electron chi connectivity index (χ0n) is 22.9. The van der Waals surface area contributed by atoms with Crippen molar-refractivity contribution in [3.63, 3.8) is 0 Å². The van der Waals surface area contributed by atoms with Gasteiger partial charge < -0.3 is 25.8 Å². The van der Waals surface area contributed by atoms with Crippen molar-refractivity contribution in [3.05, 3.63) is 89.1 Å². The Bertz CT molecular complexity index is 1360. The van der Waals surface area contributed by atoms with E-state index in [9.17, 15) is 14.4 Å². The summed E-state index contributed by atoms with van der Waals surface area (Å²) in [6.07, 6.45) is 3.07. The van der Waals surface area contributed by atoms with Crippen molar-refractivity contribution in [2.45, 2.75) is 38.9 Å². The van der Waals surface area contributed by atoms with Gasteiger partial charge in [0.05, 0.1) is 23.8 Å². The van der Waals surface area contributed by atoms with Crippen LogP contribution >= 0.6 is 0 Å². The molecule has 0 radical (unpaired) electrons. The maximum atomic E-state index is 13.5. The number of likely N-dealkylation sites (N-methyl/N-ethyl adjacent to an activating group) is 1. The lowest BCUT2D eigenvalue weighted by molar-refractivity contribution is -0.111. The number of allylic oxidation sites excluding steroid dienone is 1. The van der Waals surface area contributed by atoms with E-state index in [1.165, 1.54) is 6.08 Å². The van der Waals surface area contributed by atoms with E-state index in [-0.39, 0.29) is 23.9 Å². The molecule has 4 N–H and O–H groups in total. The van der Waals surface area contributed by atoms with Crippen LogP contribution in [0.2, 0.25) is 0 Å². The second kappa shape index (κ2) is 11.5. The molecule has 10 heteroatoms. The number of aromatic amines is 1. The Kier molecular flexibility index (Phi) is 8.15. The molecule has 204 valence electrons. The van der Waals surface area contributed by atoms with Crippen LogP contribution in [0.15, 0.2) is 66.7 Å². The smallest absolute Gasteiger partial charge is 0.319 e. The number of nitrogens with zero attached hydrogens (tertiary/aromatic N) is 3. The fourth-order valence-electron chi connectivity index (χ4n) is 4.68. The van der Waals surface area contributed by atoms with E-state index in [0.717, 1.165) is 16.8 Å². The van der Waals surface area contributed by atoms with Crippen LogP contribution < -0.4 is 16.0 Å². The first-order valence-electron chi connectivity index (χ1n) is 12.8. The van der Waals surface area contributed by atoms with Gasteiger partial charge in [0.25, 0.3) is 5.91 Å². The first-order valence-corrected chi connectivity index (χ1v) is 12.8. The topological polar surface area (TPSA) is 122 Å². The highest BCUT2D eigenvalue weighted by Gasteiger charge is 2.44. The van der Waals surface area contributed by atoms with Gasteiger partial charge in [-0.3, -0.25) is 14.7 Å². The van der Waals surface area contributed by atoms with E-state index in [4.69, 9.17) is 0 Å². The number of anilines is 2. The molecule has 4 rings (SSSR count). The van der Waals surface area contributed by atoms with Crippen LogP contribution in [-0.4, -0.2) is 58.5 Å². The molecule has 2 heterocycles. The molecule has 0 fully saturated rings. The van der Waals surface area contributed by atoms with Crippen molar-refractivity contribution in [2.75, 3.05) is 31.3 Å². The number of nitrogens with one attached hydrogen (secondary N) is 4. The highest BCUT2D eigenvalue weighted by molar-refractivity contribution is 6.05. The second-order valence-electron chi connectivity index (χ2n) is 10.3. The Labute approximate surface area is 228 Å². The van der Waals surface area contributed by atoms with Crippen LogP contribution in [0, 0.1) is 0 Å². The average molecular weight is 530 g/mol. The minimum atomic E-state index is -0.665.